The molecule has 0 aliphatic carbocycles. The summed E-state index contributed by atoms with van der Waals surface area (Å²) in [5.41, 5.74) is 0.282. The largest absolute Gasteiger partial charge is 0.504 e. The molecular formula is C12H12N2O5S. The van der Waals surface area contributed by atoms with Gasteiger partial charge in [0.25, 0.3) is 0 Å². The molecule has 0 saturated carbocycles. The van der Waals surface area contributed by atoms with Crippen molar-refractivity contribution in [3.63, 3.8) is 0 Å². The SMILES string of the molecule is CNS(=O)(=O)Oc1ccc(/C=C(\C#N)C(C)=O)cc1O. The molecule has 0 atom stereocenters. The van der Waals surface area contributed by atoms with E-state index in [0.717, 1.165) is 7.05 Å². The van der Waals surface area contributed by atoms with Crippen LogP contribution in [0.15, 0.2) is 23.8 Å². The molecule has 0 aromatic heterocycles. The summed E-state index contributed by atoms with van der Waals surface area (Å²) in [7, 11) is -2.82. The molecule has 0 unspecified atom stereocenters. The molecule has 20 heavy (non-hydrogen) atoms. The maximum atomic E-state index is 11.2. The van der Waals surface area contributed by atoms with Gasteiger partial charge in [0.15, 0.2) is 17.3 Å². The number of ketones is 1. The molecular weight excluding hydrogens is 284 g/mol. The van der Waals surface area contributed by atoms with E-state index in [4.69, 9.17) is 5.26 Å². The van der Waals surface area contributed by atoms with Crippen molar-refractivity contribution in [2.45, 2.75) is 6.92 Å². The topological polar surface area (TPSA) is 116 Å². The van der Waals surface area contributed by atoms with Crippen LogP contribution in [0.5, 0.6) is 11.5 Å². The number of Topliss-reactive ketones (excluding diaryl/α,β-unsaturated/α-hetero) is 1. The Morgan fingerprint density at radius 1 is 1.50 bits per heavy atom. The Kier molecular flexibility index (Phi) is 4.85. The molecule has 0 aliphatic heterocycles. The second-order valence-corrected chi connectivity index (χ2v) is 5.18. The van der Waals surface area contributed by atoms with Crippen LogP contribution < -0.4 is 8.91 Å². The molecule has 1 aromatic rings. The summed E-state index contributed by atoms with van der Waals surface area (Å²) in [5.74, 6) is -1.11. The molecule has 1 rings (SSSR count). The number of carbonyl (C=O) groups excluding carboxylic acids is 1. The first kappa shape index (κ1) is 15.7. The number of nitriles is 1. The number of nitrogens with one attached hydrogen (secondary N) is 1. The van der Waals surface area contributed by atoms with E-state index in [-0.39, 0.29) is 11.3 Å². The molecule has 2 N–H and O–H groups in total. The first-order chi connectivity index (χ1) is 9.29. The number of benzene rings is 1. The van der Waals surface area contributed by atoms with Crippen LogP contribution in [0.1, 0.15) is 12.5 Å². The Bertz CT molecular complexity index is 701. The molecule has 0 amide bonds. The molecule has 1 aromatic carbocycles. The molecule has 0 fully saturated rings. The van der Waals surface area contributed by atoms with E-state index >= 15 is 0 Å². The summed E-state index contributed by atoms with van der Waals surface area (Å²) in [4.78, 5) is 11.1. The first-order valence-corrected chi connectivity index (χ1v) is 6.78. The number of phenols is 1. The summed E-state index contributed by atoms with van der Waals surface area (Å²) < 4.78 is 28.9. The third-order valence-corrected chi connectivity index (χ3v) is 3.14. The molecule has 0 saturated heterocycles. The van der Waals surface area contributed by atoms with Gasteiger partial charge in [0.1, 0.15) is 6.07 Å². The van der Waals surface area contributed by atoms with Gasteiger partial charge in [-0.3, -0.25) is 4.79 Å². The van der Waals surface area contributed by atoms with Gasteiger partial charge >= 0.3 is 10.3 Å². The maximum absolute atomic E-state index is 11.2. The fourth-order valence-electron chi connectivity index (χ4n) is 1.23. The average molecular weight is 296 g/mol. The minimum absolute atomic E-state index is 0.0825. The fourth-order valence-corrected chi connectivity index (χ4v) is 1.69. The summed E-state index contributed by atoms with van der Waals surface area (Å²) in [6, 6.07) is 5.52. The lowest BCUT2D eigenvalue weighted by atomic mass is 10.1. The van der Waals surface area contributed by atoms with Gasteiger partial charge in [-0.25, -0.2) is 0 Å². The summed E-state index contributed by atoms with van der Waals surface area (Å²) in [6.07, 6.45) is 1.28. The molecule has 0 radical (unpaired) electrons. The Labute approximate surface area is 116 Å². The van der Waals surface area contributed by atoms with E-state index in [9.17, 15) is 18.3 Å². The predicted molar refractivity (Wildman–Crippen MR) is 71.0 cm³/mol. The fraction of sp³-hybridized carbons (Fsp3) is 0.167. The van der Waals surface area contributed by atoms with Crippen LogP contribution in [-0.2, 0) is 15.1 Å². The van der Waals surface area contributed by atoms with Crippen LogP contribution in [-0.4, -0.2) is 26.4 Å². The first-order valence-electron chi connectivity index (χ1n) is 5.37. The lowest BCUT2D eigenvalue weighted by Crippen LogP contribution is -2.24. The van der Waals surface area contributed by atoms with Crippen molar-refractivity contribution in [3.8, 4) is 17.6 Å². The third kappa shape index (κ3) is 4.08. The van der Waals surface area contributed by atoms with Gasteiger partial charge in [-0.15, -0.1) is 0 Å². The highest BCUT2D eigenvalue weighted by Crippen LogP contribution is 2.28. The second-order valence-electron chi connectivity index (χ2n) is 3.69. The highest BCUT2D eigenvalue weighted by Gasteiger charge is 2.13. The van der Waals surface area contributed by atoms with Crippen molar-refractivity contribution in [2.75, 3.05) is 7.05 Å². The van der Waals surface area contributed by atoms with E-state index in [0.29, 0.717) is 5.56 Å². The quantitative estimate of drug-likeness (QED) is 0.611. The van der Waals surface area contributed by atoms with Crippen LogP contribution >= 0.6 is 0 Å². The number of phenolic OH excluding ortho intramolecular Hbond substituents is 1. The van der Waals surface area contributed by atoms with Gasteiger partial charge in [0, 0.05) is 7.05 Å². The summed E-state index contributed by atoms with van der Waals surface area (Å²) >= 11 is 0. The zero-order valence-electron chi connectivity index (χ0n) is 10.7. The van der Waals surface area contributed by atoms with Crippen molar-refractivity contribution in [2.24, 2.45) is 0 Å². The third-order valence-electron chi connectivity index (χ3n) is 2.24. The van der Waals surface area contributed by atoms with E-state index in [2.05, 4.69) is 4.18 Å². The van der Waals surface area contributed by atoms with Crippen molar-refractivity contribution in [1.29, 1.82) is 5.26 Å². The van der Waals surface area contributed by atoms with Gasteiger partial charge in [0.2, 0.25) is 0 Å². The molecule has 0 heterocycles. The monoisotopic (exact) mass is 296 g/mol. The minimum Gasteiger partial charge on any atom is -0.504 e. The number of hydrogen-bond donors (Lipinski definition) is 2. The zero-order chi connectivity index (χ0) is 15.3. The van der Waals surface area contributed by atoms with E-state index in [1.807, 2.05) is 4.72 Å². The van der Waals surface area contributed by atoms with Gasteiger partial charge < -0.3 is 9.29 Å². The van der Waals surface area contributed by atoms with Gasteiger partial charge in [0.05, 0.1) is 5.57 Å². The number of allylic oxidation sites excluding steroid dienone is 1. The zero-order valence-corrected chi connectivity index (χ0v) is 11.6. The molecule has 7 nitrogen and oxygen atoms in total. The standard InChI is InChI=1S/C12H12N2O5S/c1-8(15)10(7-13)5-9-3-4-12(11(16)6-9)19-20(17,18)14-2/h3-6,14,16H,1-2H3/b10-5+. The van der Waals surface area contributed by atoms with E-state index in [1.165, 1.54) is 31.2 Å². The van der Waals surface area contributed by atoms with Crippen molar-refractivity contribution in [1.82, 2.24) is 4.72 Å². The smallest absolute Gasteiger partial charge is 0.382 e. The molecule has 8 heteroatoms. The summed E-state index contributed by atoms with van der Waals surface area (Å²) in [5, 5.41) is 18.4. The molecule has 0 bridgehead atoms. The maximum Gasteiger partial charge on any atom is 0.382 e. The Balaban J connectivity index is 3.12. The highest BCUT2D eigenvalue weighted by atomic mass is 32.2. The van der Waals surface area contributed by atoms with Gasteiger partial charge in [-0.2, -0.15) is 18.4 Å². The lowest BCUT2D eigenvalue weighted by Gasteiger charge is -2.07. The van der Waals surface area contributed by atoms with Crippen LogP contribution in [0, 0.1) is 11.3 Å². The average Bonchev–Trinajstić information content (AvgIpc) is 2.38. The van der Waals surface area contributed by atoms with E-state index < -0.39 is 21.8 Å². The number of rotatable bonds is 5. The number of carbonyl (C=O) groups is 1. The normalized spacial score (nSPS) is 11.8. The Morgan fingerprint density at radius 2 is 2.15 bits per heavy atom. The van der Waals surface area contributed by atoms with Crippen LogP contribution in [0.25, 0.3) is 6.08 Å². The molecule has 0 aliphatic rings. The molecule has 106 valence electrons. The van der Waals surface area contributed by atoms with Crippen LogP contribution in [0.4, 0.5) is 0 Å². The number of nitrogens with zero attached hydrogens (tertiary/aromatic N) is 1. The second kappa shape index (κ2) is 6.18. The Hall–Kier alpha value is -2.37. The van der Waals surface area contributed by atoms with Crippen LogP contribution in [0.2, 0.25) is 0 Å². The van der Waals surface area contributed by atoms with Crippen LogP contribution in [0.3, 0.4) is 0 Å². The number of aromatic hydroxyl groups is 1. The van der Waals surface area contributed by atoms with Crippen molar-refractivity contribution < 1.29 is 22.5 Å². The number of hydrogen-bond acceptors (Lipinski definition) is 6. The van der Waals surface area contributed by atoms with Crippen molar-refractivity contribution in [3.05, 3.63) is 29.3 Å². The highest BCUT2D eigenvalue weighted by molar-refractivity contribution is 7.85. The minimum atomic E-state index is -3.98. The molecule has 0 spiro atoms. The predicted octanol–water partition coefficient (Wildman–Crippen LogP) is 0.731. The van der Waals surface area contributed by atoms with Gasteiger partial charge in [-0.05, 0) is 30.7 Å². The van der Waals surface area contributed by atoms with Gasteiger partial charge in [-0.1, -0.05) is 6.07 Å². The summed E-state index contributed by atoms with van der Waals surface area (Å²) in [6.45, 7) is 1.24. The van der Waals surface area contributed by atoms with E-state index in [1.54, 1.807) is 6.07 Å². The van der Waals surface area contributed by atoms with Crippen molar-refractivity contribution >= 4 is 22.2 Å². The lowest BCUT2D eigenvalue weighted by molar-refractivity contribution is -0.113. The Morgan fingerprint density at radius 3 is 2.60 bits per heavy atom.